The Kier molecular flexibility index (Phi) is 3.87. The van der Waals surface area contributed by atoms with Crippen molar-refractivity contribution < 1.29 is 0 Å². The van der Waals surface area contributed by atoms with Crippen LogP contribution in [0.25, 0.3) is 0 Å². The van der Waals surface area contributed by atoms with Crippen LogP contribution < -0.4 is 10.2 Å². The van der Waals surface area contributed by atoms with E-state index in [1.54, 1.807) is 0 Å². The Balaban J connectivity index is 1.54. The maximum absolute atomic E-state index is 4.70. The van der Waals surface area contributed by atoms with E-state index in [1.807, 2.05) is 12.3 Å². The SMILES string of the molecule is Cc1ccccc1CNc1ccnc(N2CCc3ccccc32)n1. The third kappa shape index (κ3) is 2.83. The molecular formula is C20H20N4. The molecular weight excluding hydrogens is 296 g/mol. The Morgan fingerprint density at radius 2 is 1.88 bits per heavy atom. The molecule has 1 N–H and O–H groups in total. The van der Waals surface area contributed by atoms with Crippen molar-refractivity contribution in [3.8, 4) is 0 Å². The summed E-state index contributed by atoms with van der Waals surface area (Å²) in [5.41, 5.74) is 5.14. The Labute approximate surface area is 142 Å². The molecule has 0 unspecified atom stereocenters. The number of fused-ring (bicyclic) bond motifs is 1. The molecule has 4 heteroatoms. The van der Waals surface area contributed by atoms with Crippen molar-refractivity contribution in [1.29, 1.82) is 0 Å². The minimum Gasteiger partial charge on any atom is -0.366 e. The maximum Gasteiger partial charge on any atom is 0.231 e. The van der Waals surface area contributed by atoms with Crippen molar-refractivity contribution in [2.75, 3.05) is 16.8 Å². The Hall–Kier alpha value is -2.88. The van der Waals surface area contributed by atoms with E-state index in [9.17, 15) is 0 Å². The number of aromatic nitrogens is 2. The zero-order valence-corrected chi connectivity index (χ0v) is 13.7. The first-order valence-electron chi connectivity index (χ1n) is 8.28. The predicted molar refractivity (Wildman–Crippen MR) is 97.7 cm³/mol. The van der Waals surface area contributed by atoms with Crippen molar-refractivity contribution in [3.63, 3.8) is 0 Å². The third-order valence-corrected chi connectivity index (χ3v) is 4.49. The van der Waals surface area contributed by atoms with Crippen molar-refractivity contribution in [3.05, 3.63) is 77.5 Å². The van der Waals surface area contributed by atoms with E-state index in [4.69, 9.17) is 4.98 Å². The van der Waals surface area contributed by atoms with Crippen LogP contribution in [0.2, 0.25) is 0 Å². The molecule has 2 aromatic carbocycles. The number of hydrogen-bond acceptors (Lipinski definition) is 4. The highest BCUT2D eigenvalue weighted by Crippen LogP contribution is 2.32. The summed E-state index contributed by atoms with van der Waals surface area (Å²) >= 11 is 0. The number of hydrogen-bond donors (Lipinski definition) is 1. The summed E-state index contributed by atoms with van der Waals surface area (Å²) in [7, 11) is 0. The molecule has 0 radical (unpaired) electrons. The van der Waals surface area contributed by atoms with Crippen LogP contribution in [0.4, 0.5) is 17.5 Å². The summed E-state index contributed by atoms with van der Waals surface area (Å²) in [6, 6.07) is 18.8. The van der Waals surface area contributed by atoms with Crippen molar-refractivity contribution in [2.24, 2.45) is 0 Å². The average molecular weight is 316 g/mol. The van der Waals surface area contributed by atoms with Gasteiger partial charge in [-0.05, 0) is 42.2 Å². The van der Waals surface area contributed by atoms with Gasteiger partial charge in [0.1, 0.15) is 5.82 Å². The Morgan fingerprint density at radius 3 is 2.79 bits per heavy atom. The first kappa shape index (κ1) is 14.7. The molecule has 0 saturated carbocycles. The molecule has 0 atom stereocenters. The lowest BCUT2D eigenvalue weighted by molar-refractivity contribution is 0.936. The molecule has 0 bridgehead atoms. The van der Waals surface area contributed by atoms with Gasteiger partial charge in [0, 0.05) is 25.0 Å². The molecule has 120 valence electrons. The number of nitrogens with zero attached hydrogens (tertiary/aromatic N) is 3. The smallest absolute Gasteiger partial charge is 0.231 e. The molecule has 0 amide bonds. The van der Waals surface area contributed by atoms with Crippen LogP contribution in [0.5, 0.6) is 0 Å². The van der Waals surface area contributed by atoms with Gasteiger partial charge in [0.15, 0.2) is 0 Å². The molecule has 1 aromatic heterocycles. The van der Waals surface area contributed by atoms with Gasteiger partial charge in [-0.1, -0.05) is 42.5 Å². The molecule has 3 aromatic rings. The average Bonchev–Trinajstić information content (AvgIpc) is 3.05. The third-order valence-electron chi connectivity index (χ3n) is 4.49. The van der Waals surface area contributed by atoms with E-state index in [1.165, 1.54) is 22.4 Å². The normalized spacial score (nSPS) is 13.0. The van der Waals surface area contributed by atoms with Crippen molar-refractivity contribution in [2.45, 2.75) is 19.9 Å². The van der Waals surface area contributed by atoms with E-state index in [0.29, 0.717) is 0 Å². The monoisotopic (exact) mass is 316 g/mol. The minimum absolute atomic E-state index is 0.759. The van der Waals surface area contributed by atoms with Gasteiger partial charge < -0.3 is 10.2 Å². The standard InChI is InChI=1S/C20H20N4/c1-15-6-2-3-8-17(15)14-22-19-10-12-21-20(23-19)24-13-11-16-7-4-5-9-18(16)24/h2-10,12H,11,13-14H2,1H3,(H,21,22,23). The predicted octanol–water partition coefficient (Wildman–Crippen LogP) is 4.09. The van der Waals surface area contributed by atoms with Crippen LogP contribution in [-0.2, 0) is 13.0 Å². The topological polar surface area (TPSA) is 41.1 Å². The van der Waals surface area contributed by atoms with Gasteiger partial charge in [0.2, 0.25) is 5.95 Å². The van der Waals surface area contributed by atoms with Crippen molar-refractivity contribution in [1.82, 2.24) is 9.97 Å². The number of para-hydroxylation sites is 1. The zero-order chi connectivity index (χ0) is 16.4. The molecule has 24 heavy (non-hydrogen) atoms. The molecule has 0 saturated heterocycles. The molecule has 4 nitrogen and oxygen atoms in total. The fourth-order valence-corrected chi connectivity index (χ4v) is 3.12. The molecule has 1 aliphatic heterocycles. The molecule has 0 aliphatic carbocycles. The summed E-state index contributed by atoms with van der Waals surface area (Å²) < 4.78 is 0. The molecule has 4 rings (SSSR count). The maximum atomic E-state index is 4.70. The summed E-state index contributed by atoms with van der Waals surface area (Å²) in [5, 5.41) is 3.41. The lowest BCUT2D eigenvalue weighted by Gasteiger charge is -2.18. The first-order chi connectivity index (χ1) is 11.8. The largest absolute Gasteiger partial charge is 0.366 e. The van der Waals surface area contributed by atoms with Crippen LogP contribution in [0.15, 0.2) is 60.8 Å². The minimum atomic E-state index is 0.759. The first-order valence-corrected chi connectivity index (χ1v) is 8.28. The summed E-state index contributed by atoms with van der Waals surface area (Å²) in [4.78, 5) is 11.4. The highest BCUT2D eigenvalue weighted by atomic mass is 15.3. The molecule has 2 heterocycles. The molecule has 0 spiro atoms. The number of benzene rings is 2. The van der Waals surface area contributed by atoms with Crippen LogP contribution in [-0.4, -0.2) is 16.5 Å². The van der Waals surface area contributed by atoms with Gasteiger partial charge in [0.25, 0.3) is 0 Å². The summed E-state index contributed by atoms with van der Waals surface area (Å²) in [6.07, 6.45) is 2.86. The number of aryl methyl sites for hydroxylation is 1. The fraction of sp³-hybridized carbons (Fsp3) is 0.200. The summed E-state index contributed by atoms with van der Waals surface area (Å²) in [6.45, 7) is 3.82. The highest BCUT2D eigenvalue weighted by Gasteiger charge is 2.21. The zero-order valence-electron chi connectivity index (χ0n) is 13.7. The number of anilines is 3. The van der Waals surface area contributed by atoms with E-state index in [-0.39, 0.29) is 0 Å². The van der Waals surface area contributed by atoms with Gasteiger partial charge >= 0.3 is 0 Å². The second-order valence-electron chi connectivity index (χ2n) is 6.05. The second kappa shape index (κ2) is 6.32. The van der Waals surface area contributed by atoms with E-state index in [2.05, 4.69) is 70.7 Å². The van der Waals surface area contributed by atoms with Crippen molar-refractivity contribution >= 4 is 17.5 Å². The van der Waals surface area contributed by atoms with E-state index in [0.717, 1.165) is 31.3 Å². The Morgan fingerprint density at radius 1 is 1.04 bits per heavy atom. The van der Waals surface area contributed by atoms with Crippen LogP contribution in [0, 0.1) is 6.92 Å². The Bertz CT molecular complexity index is 860. The van der Waals surface area contributed by atoms with E-state index >= 15 is 0 Å². The quantitative estimate of drug-likeness (QED) is 0.787. The summed E-state index contributed by atoms with van der Waals surface area (Å²) in [5.74, 6) is 1.61. The van der Waals surface area contributed by atoms with Gasteiger partial charge in [-0.2, -0.15) is 4.98 Å². The van der Waals surface area contributed by atoms with E-state index < -0.39 is 0 Å². The molecule has 0 fully saturated rings. The number of rotatable bonds is 4. The van der Waals surface area contributed by atoms with Gasteiger partial charge in [-0.25, -0.2) is 4.98 Å². The van der Waals surface area contributed by atoms with Gasteiger partial charge in [-0.15, -0.1) is 0 Å². The van der Waals surface area contributed by atoms with Crippen LogP contribution in [0.1, 0.15) is 16.7 Å². The van der Waals surface area contributed by atoms with Gasteiger partial charge in [-0.3, -0.25) is 0 Å². The van der Waals surface area contributed by atoms with Gasteiger partial charge in [0.05, 0.1) is 0 Å². The number of nitrogens with one attached hydrogen (secondary N) is 1. The highest BCUT2D eigenvalue weighted by molar-refractivity contribution is 5.66. The van der Waals surface area contributed by atoms with Crippen LogP contribution in [0.3, 0.4) is 0 Å². The fourth-order valence-electron chi connectivity index (χ4n) is 3.12. The lowest BCUT2D eigenvalue weighted by Crippen LogP contribution is -2.17. The van der Waals surface area contributed by atoms with Crippen LogP contribution >= 0.6 is 0 Å². The lowest BCUT2D eigenvalue weighted by atomic mass is 10.1. The second-order valence-corrected chi connectivity index (χ2v) is 6.05. The molecule has 1 aliphatic rings.